The minimum atomic E-state index is -0.994. The molecule has 4 nitrogen and oxygen atoms in total. The topological polar surface area (TPSA) is 57.8 Å². The van der Waals surface area contributed by atoms with Crippen molar-refractivity contribution in [2.75, 3.05) is 5.32 Å². The van der Waals surface area contributed by atoms with Crippen LogP contribution in [0.4, 0.5) is 14.5 Å². The molecule has 0 saturated heterocycles. The summed E-state index contributed by atoms with van der Waals surface area (Å²) in [6, 6.07) is 8.68. The normalized spacial score (nSPS) is 10.8. The fraction of sp³-hybridized carbons (Fsp3) is 0.0667. The number of anilines is 1. The average Bonchev–Trinajstić information content (AvgIpc) is 2.90. The lowest BCUT2D eigenvalue weighted by Gasteiger charge is -2.06. The van der Waals surface area contributed by atoms with Gasteiger partial charge in [-0.3, -0.25) is 4.79 Å². The lowest BCUT2D eigenvalue weighted by Crippen LogP contribution is -2.14. The summed E-state index contributed by atoms with van der Waals surface area (Å²) in [5.74, 6) is -2.25. The van der Waals surface area contributed by atoms with Gasteiger partial charge in [0.05, 0.1) is 23.8 Å². The second-order valence-electron chi connectivity index (χ2n) is 4.61. The van der Waals surface area contributed by atoms with E-state index >= 15 is 0 Å². The number of H-pyrrole nitrogens is 1. The molecule has 21 heavy (non-hydrogen) atoms. The molecule has 0 spiro atoms. The van der Waals surface area contributed by atoms with E-state index in [9.17, 15) is 13.6 Å². The third-order valence-electron chi connectivity index (χ3n) is 3.05. The lowest BCUT2D eigenvalue weighted by atomic mass is 10.1. The third kappa shape index (κ3) is 2.89. The predicted molar refractivity (Wildman–Crippen MR) is 74.8 cm³/mol. The number of rotatable bonds is 3. The second kappa shape index (κ2) is 5.32. The zero-order valence-corrected chi connectivity index (χ0v) is 10.9. The number of fused-ring (bicyclic) bond motifs is 1. The van der Waals surface area contributed by atoms with Crippen molar-refractivity contribution in [1.82, 2.24) is 9.97 Å². The Morgan fingerprint density at radius 3 is 2.81 bits per heavy atom. The Morgan fingerprint density at radius 2 is 2.00 bits per heavy atom. The number of aromatic amines is 1. The highest BCUT2D eigenvalue weighted by Gasteiger charge is 2.08. The molecule has 2 aromatic carbocycles. The molecular weight excluding hydrogens is 276 g/mol. The van der Waals surface area contributed by atoms with E-state index in [-0.39, 0.29) is 18.0 Å². The molecule has 0 radical (unpaired) electrons. The first kappa shape index (κ1) is 13.2. The zero-order valence-electron chi connectivity index (χ0n) is 10.9. The monoisotopic (exact) mass is 287 g/mol. The van der Waals surface area contributed by atoms with Crippen molar-refractivity contribution in [3.63, 3.8) is 0 Å². The zero-order chi connectivity index (χ0) is 14.8. The molecule has 3 aromatic rings. The van der Waals surface area contributed by atoms with Gasteiger partial charge in [0, 0.05) is 11.8 Å². The molecule has 1 aromatic heterocycles. The highest BCUT2D eigenvalue weighted by molar-refractivity contribution is 5.92. The highest BCUT2D eigenvalue weighted by Crippen LogP contribution is 2.15. The van der Waals surface area contributed by atoms with Gasteiger partial charge in [-0.05, 0) is 29.8 Å². The Kier molecular flexibility index (Phi) is 3.35. The van der Waals surface area contributed by atoms with E-state index < -0.39 is 11.6 Å². The molecule has 0 atom stereocenters. The maximum Gasteiger partial charge on any atom is 0.228 e. The largest absolute Gasteiger partial charge is 0.345 e. The van der Waals surface area contributed by atoms with Crippen LogP contribution in [0.5, 0.6) is 0 Å². The summed E-state index contributed by atoms with van der Waals surface area (Å²) in [6.45, 7) is 0. The Balaban J connectivity index is 1.71. The van der Waals surface area contributed by atoms with Gasteiger partial charge in [-0.2, -0.15) is 0 Å². The van der Waals surface area contributed by atoms with Crippen molar-refractivity contribution in [1.29, 1.82) is 0 Å². The Hall–Kier alpha value is -2.76. The van der Waals surface area contributed by atoms with Gasteiger partial charge in [-0.25, -0.2) is 13.8 Å². The molecule has 1 heterocycles. The molecule has 3 rings (SSSR count). The first-order valence-corrected chi connectivity index (χ1v) is 6.29. The molecular formula is C15H11F2N3O. The fourth-order valence-corrected chi connectivity index (χ4v) is 2.06. The maximum atomic E-state index is 13.1. The van der Waals surface area contributed by atoms with Crippen molar-refractivity contribution >= 4 is 22.6 Å². The van der Waals surface area contributed by atoms with Crippen LogP contribution < -0.4 is 5.32 Å². The van der Waals surface area contributed by atoms with Gasteiger partial charge >= 0.3 is 0 Å². The molecule has 0 saturated carbocycles. The van der Waals surface area contributed by atoms with Gasteiger partial charge in [0.15, 0.2) is 11.6 Å². The van der Waals surface area contributed by atoms with Gasteiger partial charge < -0.3 is 10.3 Å². The fourth-order valence-electron chi connectivity index (χ4n) is 2.06. The van der Waals surface area contributed by atoms with Gasteiger partial charge in [-0.1, -0.05) is 6.07 Å². The molecule has 0 bridgehead atoms. The van der Waals surface area contributed by atoms with E-state index in [1.54, 1.807) is 12.4 Å². The maximum absolute atomic E-state index is 13.1. The minimum absolute atomic E-state index is 0.133. The standard InChI is InChI=1S/C15H11F2N3O/c16-11-3-2-10(7-12(11)17)20-15(21)6-9-1-4-13-14(5-9)19-8-18-13/h1-5,7-8H,6H2,(H,18,19)(H,20,21). The van der Waals surface area contributed by atoms with Crippen molar-refractivity contribution in [2.24, 2.45) is 0 Å². The number of nitrogens with one attached hydrogen (secondary N) is 2. The summed E-state index contributed by atoms with van der Waals surface area (Å²) in [6.07, 6.45) is 1.71. The van der Waals surface area contributed by atoms with Crippen LogP contribution in [0.2, 0.25) is 0 Å². The number of carbonyl (C=O) groups excluding carboxylic acids is 1. The van der Waals surface area contributed by atoms with E-state index in [1.165, 1.54) is 6.07 Å². The number of halogens is 2. The van der Waals surface area contributed by atoms with Crippen molar-refractivity contribution in [2.45, 2.75) is 6.42 Å². The second-order valence-corrected chi connectivity index (χ2v) is 4.61. The summed E-state index contributed by atoms with van der Waals surface area (Å²) < 4.78 is 25.9. The molecule has 0 aliphatic rings. The van der Waals surface area contributed by atoms with Gasteiger partial charge in [-0.15, -0.1) is 0 Å². The molecule has 2 N–H and O–H groups in total. The average molecular weight is 287 g/mol. The summed E-state index contributed by atoms with van der Waals surface area (Å²) >= 11 is 0. The summed E-state index contributed by atoms with van der Waals surface area (Å²) in [7, 11) is 0. The van der Waals surface area contributed by atoms with E-state index in [0.29, 0.717) is 0 Å². The van der Waals surface area contributed by atoms with Crippen LogP contribution >= 0.6 is 0 Å². The van der Waals surface area contributed by atoms with Crippen LogP contribution in [0, 0.1) is 11.6 Å². The van der Waals surface area contributed by atoms with Crippen LogP contribution in [0.15, 0.2) is 42.7 Å². The Labute approximate surface area is 118 Å². The molecule has 106 valence electrons. The smallest absolute Gasteiger partial charge is 0.228 e. The summed E-state index contributed by atoms with van der Waals surface area (Å²) in [4.78, 5) is 19.0. The number of benzene rings is 2. The molecule has 0 unspecified atom stereocenters. The first-order chi connectivity index (χ1) is 10.1. The van der Waals surface area contributed by atoms with Crippen LogP contribution in [-0.4, -0.2) is 15.9 Å². The van der Waals surface area contributed by atoms with E-state index in [2.05, 4.69) is 15.3 Å². The Bertz CT molecular complexity index is 814. The summed E-state index contributed by atoms with van der Waals surface area (Å²) in [5.41, 5.74) is 2.68. The molecule has 0 aliphatic carbocycles. The number of hydrogen-bond donors (Lipinski definition) is 2. The van der Waals surface area contributed by atoms with Gasteiger partial charge in [0.2, 0.25) is 5.91 Å². The highest BCUT2D eigenvalue weighted by atomic mass is 19.2. The number of amides is 1. The van der Waals surface area contributed by atoms with Crippen LogP contribution in [0.1, 0.15) is 5.56 Å². The van der Waals surface area contributed by atoms with E-state index in [0.717, 1.165) is 28.7 Å². The van der Waals surface area contributed by atoms with E-state index in [4.69, 9.17) is 0 Å². The summed E-state index contributed by atoms with van der Waals surface area (Å²) in [5, 5.41) is 2.53. The lowest BCUT2D eigenvalue weighted by molar-refractivity contribution is -0.115. The predicted octanol–water partition coefficient (Wildman–Crippen LogP) is 3.02. The van der Waals surface area contributed by atoms with Crippen molar-refractivity contribution in [3.8, 4) is 0 Å². The Morgan fingerprint density at radius 1 is 1.14 bits per heavy atom. The number of imidazole rings is 1. The first-order valence-electron chi connectivity index (χ1n) is 6.29. The van der Waals surface area contributed by atoms with E-state index in [1.807, 2.05) is 12.1 Å². The molecule has 0 fully saturated rings. The molecule has 0 aliphatic heterocycles. The molecule has 1 amide bonds. The third-order valence-corrected chi connectivity index (χ3v) is 3.05. The van der Waals surface area contributed by atoms with Crippen molar-refractivity contribution < 1.29 is 13.6 Å². The SMILES string of the molecule is O=C(Cc1ccc2nc[nH]c2c1)Nc1ccc(F)c(F)c1. The van der Waals surface area contributed by atoms with Crippen LogP contribution in [0.3, 0.4) is 0 Å². The van der Waals surface area contributed by atoms with Crippen LogP contribution in [0.25, 0.3) is 11.0 Å². The minimum Gasteiger partial charge on any atom is -0.345 e. The molecule has 6 heteroatoms. The van der Waals surface area contributed by atoms with Gasteiger partial charge in [0.1, 0.15) is 0 Å². The van der Waals surface area contributed by atoms with Crippen LogP contribution in [-0.2, 0) is 11.2 Å². The number of aromatic nitrogens is 2. The number of nitrogens with zero attached hydrogens (tertiary/aromatic N) is 1. The quantitative estimate of drug-likeness (QED) is 0.778. The van der Waals surface area contributed by atoms with Gasteiger partial charge in [0.25, 0.3) is 0 Å². The van der Waals surface area contributed by atoms with Crippen molar-refractivity contribution in [3.05, 3.63) is 59.9 Å². The number of carbonyl (C=O) groups is 1. The number of hydrogen-bond acceptors (Lipinski definition) is 2.